The van der Waals surface area contributed by atoms with Crippen molar-refractivity contribution in [3.8, 4) is 0 Å². The third-order valence-electron chi connectivity index (χ3n) is 2.01. The lowest BCUT2D eigenvalue weighted by Crippen LogP contribution is -2.19. The highest BCUT2D eigenvalue weighted by atomic mass is 19.4. The Morgan fingerprint density at radius 2 is 1.75 bits per heavy atom. The van der Waals surface area contributed by atoms with Gasteiger partial charge in [0.15, 0.2) is 11.6 Å². The first-order chi connectivity index (χ1) is 7.29. The Labute approximate surface area is 87.5 Å². The van der Waals surface area contributed by atoms with E-state index in [0.717, 1.165) is 0 Å². The molecule has 0 spiro atoms. The zero-order chi connectivity index (χ0) is 12.5. The molecular formula is C9H8F5NO. The van der Waals surface area contributed by atoms with Crippen LogP contribution in [0.5, 0.6) is 0 Å². The fourth-order valence-electron chi connectivity index (χ4n) is 1.17. The van der Waals surface area contributed by atoms with Crippen molar-refractivity contribution >= 4 is 0 Å². The normalized spacial score (nSPS) is 13.9. The molecule has 0 aliphatic carbocycles. The molecule has 0 heterocycles. The number of aliphatic hydroxyl groups excluding tert-OH is 1. The van der Waals surface area contributed by atoms with Crippen LogP contribution in [0.25, 0.3) is 0 Å². The summed E-state index contributed by atoms with van der Waals surface area (Å²) in [6.07, 6.45) is -4.97. The number of alkyl halides is 3. The number of rotatable bonds is 2. The number of aliphatic hydroxyl groups is 1. The van der Waals surface area contributed by atoms with E-state index in [1.54, 1.807) is 0 Å². The van der Waals surface area contributed by atoms with Gasteiger partial charge < -0.3 is 10.8 Å². The highest BCUT2D eigenvalue weighted by Crippen LogP contribution is 2.33. The van der Waals surface area contributed by atoms with E-state index in [1.165, 1.54) is 0 Å². The standard InChI is InChI=1S/C9H8F5NO/c10-7-4(6(15)3-16)1-2-5(8(7)11)9(12,13)14/h1-2,6,16H,3,15H2/t6-/m0/s1. The van der Waals surface area contributed by atoms with Crippen LogP contribution in [0.4, 0.5) is 22.0 Å². The van der Waals surface area contributed by atoms with Gasteiger partial charge in [-0.3, -0.25) is 0 Å². The van der Waals surface area contributed by atoms with Gasteiger partial charge in [0.1, 0.15) is 0 Å². The van der Waals surface area contributed by atoms with Gasteiger partial charge in [0.05, 0.1) is 18.2 Å². The molecule has 0 radical (unpaired) electrons. The minimum Gasteiger partial charge on any atom is -0.394 e. The summed E-state index contributed by atoms with van der Waals surface area (Å²) in [5.41, 5.74) is 3.00. The molecule has 0 aromatic heterocycles. The molecule has 16 heavy (non-hydrogen) atoms. The van der Waals surface area contributed by atoms with Crippen molar-refractivity contribution in [2.45, 2.75) is 12.2 Å². The Kier molecular flexibility index (Phi) is 3.49. The monoisotopic (exact) mass is 241 g/mol. The smallest absolute Gasteiger partial charge is 0.394 e. The Hall–Kier alpha value is -1.21. The first kappa shape index (κ1) is 12.9. The van der Waals surface area contributed by atoms with E-state index < -0.39 is 41.6 Å². The van der Waals surface area contributed by atoms with Gasteiger partial charge in [-0.1, -0.05) is 6.07 Å². The maximum Gasteiger partial charge on any atom is 0.419 e. The summed E-state index contributed by atoms with van der Waals surface area (Å²) in [5.74, 6) is -3.69. The molecule has 7 heteroatoms. The number of benzene rings is 1. The first-order valence-electron chi connectivity index (χ1n) is 4.20. The van der Waals surface area contributed by atoms with Gasteiger partial charge in [-0.25, -0.2) is 8.78 Å². The van der Waals surface area contributed by atoms with Crippen molar-refractivity contribution in [2.24, 2.45) is 5.73 Å². The Bertz CT molecular complexity index is 390. The molecule has 0 aliphatic heterocycles. The quantitative estimate of drug-likeness (QED) is 0.777. The van der Waals surface area contributed by atoms with Gasteiger partial charge in [0.25, 0.3) is 0 Å². The van der Waals surface area contributed by atoms with Crippen LogP contribution < -0.4 is 5.73 Å². The average molecular weight is 241 g/mol. The second-order valence-corrected chi connectivity index (χ2v) is 3.12. The van der Waals surface area contributed by atoms with Crippen LogP contribution in [-0.4, -0.2) is 11.7 Å². The molecule has 1 aromatic rings. The number of hydrogen-bond acceptors (Lipinski definition) is 2. The van der Waals surface area contributed by atoms with Gasteiger partial charge in [-0.15, -0.1) is 0 Å². The summed E-state index contributed by atoms with van der Waals surface area (Å²) in [7, 11) is 0. The van der Waals surface area contributed by atoms with Crippen molar-refractivity contribution in [1.29, 1.82) is 0 Å². The Balaban J connectivity index is 3.29. The molecular weight excluding hydrogens is 233 g/mol. The molecule has 0 amide bonds. The second kappa shape index (κ2) is 4.34. The van der Waals surface area contributed by atoms with E-state index >= 15 is 0 Å². The minimum atomic E-state index is -4.97. The lowest BCUT2D eigenvalue weighted by molar-refractivity contribution is -0.140. The fraction of sp³-hybridized carbons (Fsp3) is 0.333. The predicted octanol–water partition coefficient (Wildman–Crippen LogP) is 1.98. The minimum absolute atomic E-state index is 0.392. The fourth-order valence-corrected chi connectivity index (χ4v) is 1.17. The van der Waals surface area contributed by atoms with Crippen molar-refractivity contribution in [3.63, 3.8) is 0 Å². The van der Waals surface area contributed by atoms with Gasteiger partial charge in [0.2, 0.25) is 0 Å². The number of nitrogens with two attached hydrogens (primary N) is 1. The molecule has 1 atom stereocenters. The van der Waals surface area contributed by atoms with Crippen LogP contribution >= 0.6 is 0 Å². The molecule has 0 bridgehead atoms. The predicted molar refractivity (Wildman–Crippen MR) is 45.4 cm³/mol. The number of hydrogen-bond donors (Lipinski definition) is 2. The van der Waals surface area contributed by atoms with E-state index in [1.807, 2.05) is 0 Å². The molecule has 0 unspecified atom stereocenters. The molecule has 0 saturated heterocycles. The van der Waals surface area contributed by atoms with E-state index in [9.17, 15) is 22.0 Å². The summed E-state index contributed by atoms with van der Waals surface area (Å²) in [5, 5.41) is 8.60. The van der Waals surface area contributed by atoms with E-state index in [2.05, 4.69) is 0 Å². The van der Waals surface area contributed by atoms with Crippen LogP contribution in [0.15, 0.2) is 12.1 Å². The van der Waals surface area contributed by atoms with Crippen molar-refractivity contribution in [1.82, 2.24) is 0 Å². The SMILES string of the molecule is N[C@@H](CO)c1ccc(C(F)(F)F)c(F)c1F. The van der Waals surface area contributed by atoms with Gasteiger partial charge >= 0.3 is 6.18 Å². The number of halogens is 5. The van der Waals surface area contributed by atoms with Gasteiger partial charge in [0, 0.05) is 5.56 Å². The molecule has 2 nitrogen and oxygen atoms in total. The zero-order valence-electron chi connectivity index (χ0n) is 7.85. The molecule has 90 valence electrons. The highest BCUT2D eigenvalue weighted by Gasteiger charge is 2.36. The summed E-state index contributed by atoms with van der Waals surface area (Å²) in [6, 6.07) is -0.150. The van der Waals surface area contributed by atoms with Gasteiger partial charge in [-0.2, -0.15) is 13.2 Å². The lowest BCUT2D eigenvalue weighted by atomic mass is 10.0. The average Bonchev–Trinajstić information content (AvgIpc) is 2.19. The molecule has 1 aromatic carbocycles. The summed E-state index contributed by atoms with van der Waals surface area (Å²) < 4.78 is 62.7. The lowest BCUT2D eigenvalue weighted by Gasteiger charge is -2.13. The third kappa shape index (κ3) is 2.30. The largest absolute Gasteiger partial charge is 0.419 e. The Morgan fingerprint density at radius 1 is 1.19 bits per heavy atom. The van der Waals surface area contributed by atoms with E-state index in [4.69, 9.17) is 10.8 Å². The van der Waals surface area contributed by atoms with Crippen LogP contribution in [-0.2, 0) is 6.18 Å². The second-order valence-electron chi connectivity index (χ2n) is 3.12. The van der Waals surface area contributed by atoms with Gasteiger partial charge in [-0.05, 0) is 6.07 Å². The van der Waals surface area contributed by atoms with Crippen molar-refractivity contribution in [3.05, 3.63) is 34.9 Å². The maximum absolute atomic E-state index is 13.2. The molecule has 0 fully saturated rings. The topological polar surface area (TPSA) is 46.2 Å². The van der Waals surface area contributed by atoms with Crippen LogP contribution in [0.3, 0.4) is 0 Å². The Morgan fingerprint density at radius 3 is 2.19 bits per heavy atom. The highest BCUT2D eigenvalue weighted by molar-refractivity contribution is 5.30. The van der Waals surface area contributed by atoms with Crippen LogP contribution in [0.1, 0.15) is 17.2 Å². The molecule has 1 rings (SSSR count). The van der Waals surface area contributed by atoms with Crippen molar-refractivity contribution < 1.29 is 27.1 Å². The maximum atomic E-state index is 13.2. The summed E-state index contributed by atoms with van der Waals surface area (Å²) >= 11 is 0. The van der Waals surface area contributed by atoms with Crippen molar-refractivity contribution in [2.75, 3.05) is 6.61 Å². The molecule has 0 aliphatic rings. The summed E-state index contributed by atoms with van der Waals surface area (Å²) in [6.45, 7) is -0.693. The third-order valence-corrected chi connectivity index (χ3v) is 2.01. The van der Waals surface area contributed by atoms with Crippen LogP contribution in [0, 0.1) is 11.6 Å². The van der Waals surface area contributed by atoms with E-state index in [0.29, 0.717) is 12.1 Å². The van der Waals surface area contributed by atoms with Crippen LogP contribution in [0.2, 0.25) is 0 Å². The zero-order valence-corrected chi connectivity index (χ0v) is 7.85. The molecule has 0 saturated carbocycles. The van der Waals surface area contributed by atoms with E-state index in [-0.39, 0.29) is 0 Å². The summed E-state index contributed by atoms with van der Waals surface area (Å²) in [4.78, 5) is 0. The first-order valence-corrected chi connectivity index (χ1v) is 4.20. The molecule has 3 N–H and O–H groups in total.